The molecule has 6 heteroatoms. The fourth-order valence-corrected chi connectivity index (χ4v) is 4.00. The van der Waals surface area contributed by atoms with E-state index in [-0.39, 0.29) is 29.7 Å². The van der Waals surface area contributed by atoms with Gasteiger partial charge in [0.15, 0.2) is 9.84 Å². The number of thioether (sulfide) groups is 1. The van der Waals surface area contributed by atoms with Gasteiger partial charge in [-0.2, -0.15) is 0 Å². The van der Waals surface area contributed by atoms with Crippen LogP contribution in [0.5, 0.6) is 0 Å². The van der Waals surface area contributed by atoms with Crippen LogP contribution in [0.4, 0.5) is 0 Å². The molecule has 2 aromatic carbocycles. The lowest BCUT2D eigenvalue weighted by atomic mass is 10.2. The van der Waals surface area contributed by atoms with Gasteiger partial charge in [-0.05, 0) is 24.1 Å². The van der Waals surface area contributed by atoms with Gasteiger partial charge in [0.25, 0.3) is 0 Å². The van der Waals surface area contributed by atoms with Crippen LogP contribution < -0.4 is 5.32 Å². The highest BCUT2D eigenvalue weighted by Crippen LogP contribution is 2.16. The molecule has 0 spiro atoms. The van der Waals surface area contributed by atoms with Gasteiger partial charge in [0.1, 0.15) is 0 Å². The molecular weight excluding hydrogens is 342 g/mol. The lowest BCUT2D eigenvalue weighted by molar-refractivity contribution is -0.118. The highest BCUT2D eigenvalue weighted by atomic mass is 32.2. The summed E-state index contributed by atoms with van der Waals surface area (Å²) in [6.45, 7) is 0.158. The van der Waals surface area contributed by atoms with Crippen LogP contribution in [0.15, 0.2) is 65.6 Å². The largest absolute Gasteiger partial charge is 0.354 e. The maximum Gasteiger partial charge on any atom is 0.230 e. The summed E-state index contributed by atoms with van der Waals surface area (Å²) >= 11 is 1.43. The van der Waals surface area contributed by atoms with Crippen molar-refractivity contribution in [3.05, 3.63) is 66.2 Å². The van der Waals surface area contributed by atoms with Gasteiger partial charge < -0.3 is 5.32 Å². The molecule has 128 valence electrons. The number of hydrogen-bond acceptors (Lipinski definition) is 4. The Balaban J connectivity index is 1.65. The van der Waals surface area contributed by atoms with Crippen LogP contribution in [0.3, 0.4) is 0 Å². The third-order valence-electron chi connectivity index (χ3n) is 3.39. The van der Waals surface area contributed by atoms with E-state index in [1.165, 1.54) is 11.8 Å². The number of carbonyl (C=O) groups is 1. The molecule has 2 aromatic rings. The second kappa shape index (κ2) is 9.49. The molecule has 24 heavy (non-hydrogen) atoms. The predicted molar refractivity (Wildman–Crippen MR) is 99.0 cm³/mol. The van der Waals surface area contributed by atoms with Gasteiger partial charge in [-0.3, -0.25) is 4.79 Å². The summed E-state index contributed by atoms with van der Waals surface area (Å²) in [7, 11) is -3.16. The summed E-state index contributed by atoms with van der Waals surface area (Å²) in [5.41, 5.74) is 1.00. The number of nitrogens with one attached hydrogen (secondary N) is 1. The van der Waals surface area contributed by atoms with Gasteiger partial charge in [-0.1, -0.05) is 48.5 Å². The molecule has 4 nitrogen and oxygen atoms in total. The first-order valence-electron chi connectivity index (χ1n) is 7.74. The van der Waals surface area contributed by atoms with Gasteiger partial charge in [-0.15, -0.1) is 11.8 Å². The van der Waals surface area contributed by atoms with Gasteiger partial charge in [-0.25, -0.2) is 8.42 Å². The van der Waals surface area contributed by atoms with Crippen molar-refractivity contribution < 1.29 is 13.2 Å². The Morgan fingerprint density at radius 1 is 0.917 bits per heavy atom. The number of sulfone groups is 1. The van der Waals surface area contributed by atoms with Crippen LogP contribution in [0.1, 0.15) is 5.56 Å². The molecule has 0 heterocycles. The first kappa shape index (κ1) is 18.5. The molecular formula is C18H21NO3S2. The van der Waals surface area contributed by atoms with Crippen molar-refractivity contribution in [3.8, 4) is 0 Å². The third kappa shape index (κ3) is 7.19. The minimum atomic E-state index is -3.16. The van der Waals surface area contributed by atoms with E-state index >= 15 is 0 Å². The Labute approximate surface area is 147 Å². The summed E-state index contributed by atoms with van der Waals surface area (Å²) in [5, 5.41) is 2.67. The van der Waals surface area contributed by atoms with E-state index in [4.69, 9.17) is 0 Å². The number of aryl methyl sites for hydroxylation is 1. The van der Waals surface area contributed by atoms with Crippen LogP contribution in [-0.2, 0) is 21.1 Å². The first-order valence-corrected chi connectivity index (χ1v) is 10.5. The van der Waals surface area contributed by atoms with Crippen molar-refractivity contribution in [2.45, 2.75) is 11.3 Å². The van der Waals surface area contributed by atoms with E-state index in [0.717, 1.165) is 10.5 Å². The van der Waals surface area contributed by atoms with Gasteiger partial charge >= 0.3 is 0 Å². The standard InChI is InChI=1S/C18H21NO3S2/c20-18(15-23-17-9-5-2-6-10-17)19-12-14-24(21,22)13-11-16-7-3-1-4-8-16/h1-10H,11-15H2,(H,19,20). The maximum atomic E-state index is 12.0. The summed E-state index contributed by atoms with van der Waals surface area (Å²) in [5.74, 6) is 0.212. The molecule has 0 saturated heterocycles. The average Bonchev–Trinajstić information content (AvgIpc) is 2.60. The lowest BCUT2D eigenvalue weighted by Crippen LogP contribution is -2.31. The number of carbonyl (C=O) groups excluding carboxylic acids is 1. The van der Waals surface area contributed by atoms with Crippen molar-refractivity contribution in [1.29, 1.82) is 0 Å². The molecule has 0 fully saturated rings. The SMILES string of the molecule is O=C(CSc1ccccc1)NCCS(=O)(=O)CCc1ccccc1. The Morgan fingerprint density at radius 3 is 2.21 bits per heavy atom. The highest BCUT2D eigenvalue weighted by molar-refractivity contribution is 8.00. The molecule has 0 aromatic heterocycles. The third-order valence-corrected chi connectivity index (χ3v) is 6.06. The molecule has 0 aliphatic carbocycles. The second-order valence-corrected chi connectivity index (χ2v) is 8.69. The number of hydrogen-bond donors (Lipinski definition) is 1. The van der Waals surface area contributed by atoms with Crippen LogP contribution in [0.25, 0.3) is 0 Å². The smallest absolute Gasteiger partial charge is 0.230 e. The van der Waals surface area contributed by atoms with E-state index in [1.54, 1.807) is 0 Å². The Bertz CT molecular complexity index is 731. The van der Waals surface area contributed by atoms with Gasteiger partial charge in [0.05, 0.1) is 17.3 Å². The minimum Gasteiger partial charge on any atom is -0.354 e. The van der Waals surface area contributed by atoms with E-state index in [2.05, 4.69) is 5.32 Å². The Kier molecular flexibility index (Phi) is 7.34. The summed E-state index contributed by atoms with van der Waals surface area (Å²) in [6, 6.07) is 19.2. The minimum absolute atomic E-state index is 0.0262. The summed E-state index contributed by atoms with van der Waals surface area (Å²) in [4.78, 5) is 12.8. The topological polar surface area (TPSA) is 63.2 Å². The quantitative estimate of drug-likeness (QED) is 0.696. The first-order chi connectivity index (χ1) is 11.6. The molecule has 0 atom stereocenters. The molecule has 1 amide bonds. The van der Waals surface area contributed by atoms with Crippen LogP contribution in [0, 0.1) is 0 Å². The predicted octanol–water partition coefficient (Wildman–Crippen LogP) is 2.55. The highest BCUT2D eigenvalue weighted by Gasteiger charge is 2.12. The normalized spacial score (nSPS) is 11.2. The van der Waals surface area contributed by atoms with E-state index < -0.39 is 9.84 Å². The summed E-state index contributed by atoms with van der Waals surface area (Å²) in [6.07, 6.45) is 0.501. The molecule has 0 aliphatic rings. The van der Waals surface area contributed by atoms with E-state index in [0.29, 0.717) is 6.42 Å². The molecule has 0 saturated carbocycles. The van der Waals surface area contributed by atoms with Crippen LogP contribution in [0.2, 0.25) is 0 Å². The number of rotatable bonds is 9. The van der Waals surface area contributed by atoms with Crippen molar-refractivity contribution in [1.82, 2.24) is 5.32 Å². The molecule has 0 bridgehead atoms. The van der Waals surface area contributed by atoms with Crippen molar-refractivity contribution in [3.63, 3.8) is 0 Å². The molecule has 2 rings (SSSR count). The van der Waals surface area contributed by atoms with Crippen molar-refractivity contribution in [2.75, 3.05) is 23.8 Å². The fraction of sp³-hybridized carbons (Fsp3) is 0.278. The molecule has 0 aliphatic heterocycles. The van der Waals surface area contributed by atoms with E-state index in [9.17, 15) is 13.2 Å². The monoisotopic (exact) mass is 363 g/mol. The van der Waals surface area contributed by atoms with E-state index in [1.807, 2.05) is 60.7 Å². The maximum absolute atomic E-state index is 12.0. The molecule has 0 radical (unpaired) electrons. The summed E-state index contributed by atoms with van der Waals surface area (Å²) < 4.78 is 24.0. The fourth-order valence-electron chi connectivity index (χ4n) is 2.08. The van der Waals surface area contributed by atoms with Crippen LogP contribution >= 0.6 is 11.8 Å². The molecule has 0 unspecified atom stereocenters. The lowest BCUT2D eigenvalue weighted by Gasteiger charge is -2.07. The van der Waals surface area contributed by atoms with Crippen LogP contribution in [-0.4, -0.2) is 38.1 Å². The van der Waals surface area contributed by atoms with Gasteiger partial charge in [0, 0.05) is 11.4 Å². The average molecular weight is 364 g/mol. The van der Waals surface area contributed by atoms with Crippen molar-refractivity contribution in [2.24, 2.45) is 0 Å². The second-order valence-electron chi connectivity index (χ2n) is 5.34. The number of benzene rings is 2. The zero-order chi connectivity index (χ0) is 17.3. The van der Waals surface area contributed by atoms with Crippen molar-refractivity contribution >= 4 is 27.5 Å². The molecule has 1 N–H and O–H groups in total. The Hall–Kier alpha value is -1.79. The van der Waals surface area contributed by atoms with Gasteiger partial charge in [0.2, 0.25) is 5.91 Å². The zero-order valence-corrected chi connectivity index (χ0v) is 15.0. The zero-order valence-electron chi connectivity index (χ0n) is 13.4. The Morgan fingerprint density at radius 2 is 1.54 bits per heavy atom. The number of amides is 1.